The fourth-order valence-corrected chi connectivity index (χ4v) is 3.69. The summed E-state index contributed by atoms with van der Waals surface area (Å²) >= 11 is 0. The van der Waals surface area contributed by atoms with E-state index < -0.39 is 23.2 Å². The lowest BCUT2D eigenvalue weighted by Crippen LogP contribution is -2.33. The number of alkyl halides is 3. The zero-order chi connectivity index (χ0) is 34.5. The molecule has 1 amide bonds. The van der Waals surface area contributed by atoms with Gasteiger partial charge in [-0.2, -0.15) is 13.2 Å². The fraction of sp³-hybridized carbons (Fsp3) is 0.324. The van der Waals surface area contributed by atoms with Crippen molar-refractivity contribution in [3.8, 4) is 5.75 Å². The Morgan fingerprint density at radius 2 is 1.45 bits per heavy atom. The average molecular weight is 657 g/mol. The van der Waals surface area contributed by atoms with Gasteiger partial charge in [0.2, 0.25) is 5.96 Å². The lowest BCUT2D eigenvalue weighted by molar-refractivity contribution is -0.137. The molecule has 0 fully saturated rings. The lowest BCUT2D eigenvalue weighted by Gasteiger charge is -2.16. The van der Waals surface area contributed by atoms with Gasteiger partial charge in [0.05, 0.1) is 44.1 Å². The summed E-state index contributed by atoms with van der Waals surface area (Å²) in [6.45, 7) is 11.3. The monoisotopic (exact) mass is 656 g/mol. The predicted molar refractivity (Wildman–Crippen MR) is 181 cm³/mol. The second kappa shape index (κ2) is 21.0. The molecular formula is C34H43F3N6O4. The third-order valence-corrected chi connectivity index (χ3v) is 5.70. The minimum atomic E-state index is -4.62. The largest absolute Gasteiger partial charge is 0.508 e. The molecule has 13 heteroatoms. The molecule has 10 nitrogen and oxygen atoms in total. The summed E-state index contributed by atoms with van der Waals surface area (Å²) in [6.07, 6.45) is -3.37. The number of nitrogens with zero attached hydrogens (tertiary/aromatic N) is 2. The van der Waals surface area contributed by atoms with E-state index in [4.69, 9.17) is 9.47 Å². The zero-order valence-corrected chi connectivity index (χ0v) is 26.9. The first-order valence-corrected chi connectivity index (χ1v) is 15.1. The Morgan fingerprint density at radius 1 is 0.851 bits per heavy atom. The number of aliphatic imine (C=N–C) groups is 2. The number of benzene rings is 3. The Bertz CT molecular complexity index is 1430. The van der Waals surface area contributed by atoms with Crippen LogP contribution in [0.3, 0.4) is 0 Å². The molecule has 47 heavy (non-hydrogen) atoms. The van der Waals surface area contributed by atoms with E-state index in [2.05, 4.69) is 51.7 Å². The smallest absolute Gasteiger partial charge is 0.417 e. The van der Waals surface area contributed by atoms with Crippen molar-refractivity contribution in [3.63, 3.8) is 0 Å². The lowest BCUT2D eigenvalue weighted by atomic mass is 10.1. The van der Waals surface area contributed by atoms with Crippen LogP contribution < -0.4 is 21.3 Å². The number of hydrogen-bond acceptors (Lipinski definition) is 6. The van der Waals surface area contributed by atoms with Gasteiger partial charge in [0, 0.05) is 17.9 Å². The minimum Gasteiger partial charge on any atom is -0.508 e. The number of anilines is 2. The molecule has 5 N–H and O–H groups in total. The average Bonchev–Trinajstić information content (AvgIpc) is 3.03. The third kappa shape index (κ3) is 15.8. The Hall–Kier alpha value is -4.88. The van der Waals surface area contributed by atoms with Crippen LogP contribution in [0.1, 0.15) is 43.1 Å². The molecule has 3 aromatic carbocycles. The minimum absolute atomic E-state index is 0.0500. The van der Waals surface area contributed by atoms with Gasteiger partial charge in [-0.15, -0.1) is 0 Å². The summed E-state index contributed by atoms with van der Waals surface area (Å²) in [5.74, 6) is 0.617. The maximum absolute atomic E-state index is 13.1. The summed E-state index contributed by atoms with van der Waals surface area (Å²) in [7, 11) is 0. The number of phenols is 1. The summed E-state index contributed by atoms with van der Waals surface area (Å²) in [5, 5.41) is 21.4. The first kappa shape index (κ1) is 38.3. The zero-order valence-electron chi connectivity index (χ0n) is 26.9. The molecule has 3 aromatic rings. The Kier molecular flexibility index (Phi) is 17.1. The van der Waals surface area contributed by atoms with E-state index in [-0.39, 0.29) is 32.1 Å². The molecule has 0 aromatic heterocycles. The Labute approximate surface area is 273 Å². The van der Waals surface area contributed by atoms with Gasteiger partial charge < -0.3 is 35.8 Å². The summed E-state index contributed by atoms with van der Waals surface area (Å²) in [6, 6.07) is 20.6. The SMILES string of the molecule is C=C(NC(=NC(C)=NCCOCCOCCNC(=O)c1ccccc1C(F)(F)F)Nc1ccc(O)cc1)Nc1ccccc1.CCC. The van der Waals surface area contributed by atoms with E-state index in [1.54, 1.807) is 31.2 Å². The number of hydrogen-bond donors (Lipinski definition) is 5. The topological polar surface area (TPSA) is 129 Å². The standard InChI is InChI=1S/C31H35F3N6O4.C3H8/c1-22(38-30(40-25-12-14-26(41)15-13-25)39-23(2)37-24-8-4-3-5-9-24)35-16-18-43-20-21-44-19-17-36-29(42)27-10-6-7-11-28(27)31(32,33)34;1-3-2/h3-15,37,41H,2,16-21H2,1H3,(H,36,42)(H2,35,38,39,40);3H2,1-2H3. The fourth-order valence-electron chi connectivity index (χ4n) is 3.69. The number of nitrogens with one attached hydrogen (secondary N) is 4. The van der Waals surface area contributed by atoms with Crippen molar-refractivity contribution in [2.45, 2.75) is 33.4 Å². The molecule has 0 spiro atoms. The number of amides is 1. The van der Waals surface area contributed by atoms with Crippen LogP contribution in [0.15, 0.2) is 101 Å². The molecule has 0 aliphatic heterocycles. The van der Waals surface area contributed by atoms with Gasteiger partial charge in [0.25, 0.3) is 5.91 Å². The Balaban J connectivity index is 0.00000246. The van der Waals surface area contributed by atoms with Crippen LogP contribution in [0.4, 0.5) is 24.5 Å². The normalized spacial score (nSPS) is 11.6. The van der Waals surface area contributed by atoms with Gasteiger partial charge in [0.1, 0.15) is 17.4 Å². The molecule has 0 aliphatic carbocycles. The number of amidine groups is 1. The van der Waals surface area contributed by atoms with Crippen LogP contribution in [-0.2, 0) is 15.7 Å². The van der Waals surface area contributed by atoms with Crippen LogP contribution in [0, 0.1) is 0 Å². The number of rotatable bonds is 14. The van der Waals surface area contributed by atoms with Gasteiger partial charge in [-0.05, 0) is 55.5 Å². The number of para-hydroxylation sites is 1. The van der Waals surface area contributed by atoms with Crippen LogP contribution in [0.2, 0.25) is 0 Å². The van der Waals surface area contributed by atoms with Gasteiger partial charge in [-0.25, -0.2) is 4.99 Å². The van der Waals surface area contributed by atoms with E-state index in [1.807, 2.05) is 30.3 Å². The summed E-state index contributed by atoms with van der Waals surface area (Å²) in [5.41, 5.74) is 0.110. The third-order valence-electron chi connectivity index (χ3n) is 5.70. The molecule has 0 heterocycles. The highest BCUT2D eigenvalue weighted by atomic mass is 19.4. The van der Waals surface area contributed by atoms with E-state index in [0.717, 1.165) is 17.8 Å². The molecule has 0 radical (unpaired) electrons. The van der Waals surface area contributed by atoms with E-state index in [0.29, 0.717) is 36.5 Å². The first-order valence-electron chi connectivity index (χ1n) is 15.1. The molecule has 254 valence electrons. The molecule has 3 rings (SSSR count). The van der Waals surface area contributed by atoms with E-state index >= 15 is 0 Å². The molecule has 0 bridgehead atoms. The highest BCUT2D eigenvalue weighted by Crippen LogP contribution is 2.31. The highest BCUT2D eigenvalue weighted by molar-refractivity contribution is 6.02. The number of guanidine groups is 1. The maximum atomic E-state index is 13.1. The molecule has 0 atom stereocenters. The molecule has 0 aliphatic rings. The number of aromatic hydroxyl groups is 1. The van der Waals surface area contributed by atoms with Crippen molar-refractivity contribution >= 4 is 29.1 Å². The van der Waals surface area contributed by atoms with Crippen molar-refractivity contribution in [2.75, 3.05) is 50.2 Å². The van der Waals surface area contributed by atoms with Crippen LogP contribution >= 0.6 is 0 Å². The quantitative estimate of drug-likeness (QED) is 0.0569. The molecule has 0 saturated heterocycles. The van der Waals surface area contributed by atoms with Crippen LogP contribution in [0.5, 0.6) is 5.75 Å². The molecule has 0 unspecified atom stereocenters. The van der Waals surface area contributed by atoms with E-state index in [9.17, 15) is 23.1 Å². The number of halogens is 3. The molecular weight excluding hydrogens is 613 g/mol. The molecule has 0 saturated carbocycles. The number of ether oxygens (including phenoxy) is 2. The second-order valence-electron chi connectivity index (χ2n) is 9.89. The van der Waals surface area contributed by atoms with Gasteiger partial charge in [-0.1, -0.05) is 57.2 Å². The van der Waals surface area contributed by atoms with Crippen molar-refractivity contribution in [2.24, 2.45) is 9.98 Å². The van der Waals surface area contributed by atoms with Gasteiger partial charge in [0.15, 0.2) is 0 Å². The Morgan fingerprint density at radius 3 is 2.11 bits per heavy atom. The number of carbonyl (C=O) groups is 1. The van der Waals surface area contributed by atoms with Gasteiger partial charge >= 0.3 is 6.18 Å². The number of carbonyl (C=O) groups excluding carboxylic acids is 1. The van der Waals surface area contributed by atoms with Crippen molar-refractivity contribution in [1.29, 1.82) is 0 Å². The predicted octanol–water partition coefficient (Wildman–Crippen LogP) is 6.65. The maximum Gasteiger partial charge on any atom is 0.417 e. The van der Waals surface area contributed by atoms with E-state index in [1.165, 1.54) is 18.6 Å². The van der Waals surface area contributed by atoms with Gasteiger partial charge in [-0.3, -0.25) is 9.79 Å². The summed E-state index contributed by atoms with van der Waals surface area (Å²) in [4.78, 5) is 21.0. The summed E-state index contributed by atoms with van der Waals surface area (Å²) < 4.78 is 50.1. The number of phenolic OH excluding ortho intramolecular Hbond substituents is 1. The van der Waals surface area contributed by atoms with Crippen LogP contribution in [-0.4, -0.2) is 62.3 Å². The highest BCUT2D eigenvalue weighted by Gasteiger charge is 2.34. The second-order valence-corrected chi connectivity index (χ2v) is 9.89. The van der Waals surface area contributed by atoms with Crippen LogP contribution in [0.25, 0.3) is 0 Å². The van der Waals surface area contributed by atoms with Crippen molar-refractivity contribution in [3.05, 3.63) is 102 Å². The van der Waals surface area contributed by atoms with Crippen molar-refractivity contribution < 1.29 is 32.5 Å². The van der Waals surface area contributed by atoms with Crippen molar-refractivity contribution in [1.82, 2.24) is 10.6 Å². The first-order chi connectivity index (χ1) is 22.5.